The van der Waals surface area contributed by atoms with Crippen molar-refractivity contribution < 1.29 is 23.9 Å². The van der Waals surface area contributed by atoms with Crippen LogP contribution in [0.5, 0.6) is 0 Å². The van der Waals surface area contributed by atoms with E-state index in [1.165, 1.54) is 6.92 Å². The Morgan fingerprint density at radius 1 is 1.32 bits per heavy atom. The van der Waals surface area contributed by atoms with E-state index in [0.29, 0.717) is 19.3 Å². The number of carbonyl (C=O) groups is 3. The first-order valence-corrected chi connectivity index (χ1v) is 7.85. The fourth-order valence-corrected chi connectivity index (χ4v) is 3.41. The highest BCUT2D eigenvalue weighted by atomic mass is 16.6. The molecule has 1 saturated heterocycles. The van der Waals surface area contributed by atoms with Gasteiger partial charge in [-0.05, 0) is 13.3 Å². The molecular weight excluding hydrogens is 284 g/mol. The molecule has 0 spiro atoms. The molecule has 0 amide bonds. The number of esters is 2. The van der Waals surface area contributed by atoms with Gasteiger partial charge in [0.2, 0.25) is 0 Å². The Hall–Kier alpha value is -1.65. The van der Waals surface area contributed by atoms with Gasteiger partial charge in [0.25, 0.3) is 0 Å². The molecule has 0 aromatic carbocycles. The van der Waals surface area contributed by atoms with Crippen molar-refractivity contribution in [1.82, 2.24) is 0 Å². The Bertz CT molecular complexity index is 507. The molecule has 5 atom stereocenters. The summed E-state index contributed by atoms with van der Waals surface area (Å²) >= 11 is 0. The SMILES string of the molecule is CC(=O)O[C@H]1C/C(C)=C/CC(=O)[C@@H](C)C[C@H]2OC(=O)[C@H](C)[C@H]12. The maximum Gasteiger partial charge on any atom is 0.309 e. The second kappa shape index (κ2) is 6.63. The molecule has 5 nitrogen and oxygen atoms in total. The smallest absolute Gasteiger partial charge is 0.309 e. The molecule has 5 heteroatoms. The van der Waals surface area contributed by atoms with E-state index in [9.17, 15) is 14.4 Å². The predicted octanol–water partition coefficient (Wildman–Crippen LogP) is 2.43. The minimum Gasteiger partial charge on any atom is -0.462 e. The highest BCUT2D eigenvalue weighted by molar-refractivity contribution is 5.82. The van der Waals surface area contributed by atoms with Crippen molar-refractivity contribution in [1.29, 1.82) is 0 Å². The third-order valence-corrected chi connectivity index (χ3v) is 4.70. The number of ketones is 1. The lowest BCUT2D eigenvalue weighted by Gasteiger charge is -2.30. The average molecular weight is 308 g/mol. The van der Waals surface area contributed by atoms with Crippen molar-refractivity contribution >= 4 is 17.7 Å². The predicted molar refractivity (Wildman–Crippen MR) is 79.9 cm³/mol. The van der Waals surface area contributed by atoms with Gasteiger partial charge >= 0.3 is 11.9 Å². The van der Waals surface area contributed by atoms with Crippen LogP contribution in [0.25, 0.3) is 0 Å². The van der Waals surface area contributed by atoms with Gasteiger partial charge in [0.05, 0.1) is 5.92 Å². The van der Waals surface area contributed by atoms with Gasteiger partial charge in [-0.2, -0.15) is 0 Å². The summed E-state index contributed by atoms with van der Waals surface area (Å²) in [6.45, 7) is 6.97. The Morgan fingerprint density at radius 3 is 2.64 bits per heavy atom. The fourth-order valence-electron chi connectivity index (χ4n) is 3.41. The molecule has 0 bridgehead atoms. The Morgan fingerprint density at radius 2 is 2.00 bits per heavy atom. The van der Waals surface area contributed by atoms with Crippen LogP contribution in [0, 0.1) is 17.8 Å². The maximum absolute atomic E-state index is 12.1. The second-order valence-electron chi connectivity index (χ2n) is 6.55. The molecule has 2 aliphatic rings. The van der Waals surface area contributed by atoms with E-state index in [4.69, 9.17) is 9.47 Å². The Kier molecular flexibility index (Phi) is 5.04. The Balaban J connectivity index is 2.35. The fraction of sp³-hybridized carbons (Fsp3) is 0.706. The minimum atomic E-state index is -0.388. The zero-order valence-corrected chi connectivity index (χ0v) is 13.6. The largest absolute Gasteiger partial charge is 0.462 e. The minimum absolute atomic E-state index is 0.152. The summed E-state index contributed by atoms with van der Waals surface area (Å²) in [6.07, 6.45) is 2.55. The van der Waals surface area contributed by atoms with Gasteiger partial charge < -0.3 is 9.47 Å². The number of carbonyl (C=O) groups excluding carboxylic acids is 3. The molecule has 0 aromatic rings. The molecule has 1 aliphatic carbocycles. The summed E-state index contributed by atoms with van der Waals surface area (Å²) in [7, 11) is 0. The van der Waals surface area contributed by atoms with Gasteiger partial charge in [-0.15, -0.1) is 0 Å². The lowest BCUT2D eigenvalue weighted by Crippen LogP contribution is -2.37. The number of ether oxygens (including phenoxy) is 2. The quantitative estimate of drug-likeness (QED) is 0.549. The van der Waals surface area contributed by atoms with Crippen molar-refractivity contribution in [2.24, 2.45) is 17.8 Å². The zero-order valence-electron chi connectivity index (χ0n) is 13.6. The van der Waals surface area contributed by atoms with Crippen molar-refractivity contribution in [3.63, 3.8) is 0 Å². The third-order valence-electron chi connectivity index (χ3n) is 4.70. The molecule has 1 aliphatic heterocycles. The summed E-state index contributed by atoms with van der Waals surface area (Å²) in [5, 5.41) is 0. The first kappa shape index (κ1) is 16.7. The topological polar surface area (TPSA) is 69.7 Å². The summed E-state index contributed by atoms with van der Waals surface area (Å²) < 4.78 is 11.0. The van der Waals surface area contributed by atoms with Crippen LogP contribution in [-0.2, 0) is 23.9 Å². The summed E-state index contributed by atoms with van der Waals surface area (Å²) in [5.74, 6) is -1.18. The zero-order chi connectivity index (χ0) is 16.4. The molecule has 0 unspecified atom stereocenters. The van der Waals surface area contributed by atoms with E-state index in [1.54, 1.807) is 6.92 Å². The van der Waals surface area contributed by atoms with Gasteiger partial charge in [-0.1, -0.05) is 25.5 Å². The summed E-state index contributed by atoms with van der Waals surface area (Å²) in [4.78, 5) is 35.5. The third kappa shape index (κ3) is 3.57. The molecule has 0 aromatic heterocycles. The van der Waals surface area contributed by atoms with Crippen LogP contribution in [0.3, 0.4) is 0 Å². The van der Waals surface area contributed by atoms with Crippen LogP contribution < -0.4 is 0 Å². The van der Waals surface area contributed by atoms with Crippen LogP contribution >= 0.6 is 0 Å². The molecule has 1 fully saturated rings. The van der Waals surface area contributed by atoms with E-state index >= 15 is 0 Å². The van der Waals surface area contributed by atoms with Crippen LogP contribution in [0.2, 0.25) is 0 Å². The van der Waals surface area contributed by atoms with Crippen LogP contribution in [0.4, 0.5) is 0 Å². The van der Waals surface area contributed by atoms with Gasteiger partial charge in [-0.3, -0.25) is 14.4 Å². The van der Waals surface area contributed by atoms with Crippen molar-refractivity contribution in [3.05, 3.63) is 11.6 Å². The molecule has 0 saturated carbocycles. The molecule has 122 valence electrons. The van der Waals surface area contributed by atoms with Crippen LogP contribution in [0.1, 0.15) is 47.0 Å². The Labute approximate surface area is 131 Å². The number of fused-ring (bicyclic) bond motifs is 1. The van der Waals surface area contributed by atoms with Crippen LogP contribution in [0.15, 0.2) is 11.6 Å². The molecular formula is C17H24O5. The van der Waals surface area contributed by atoms with E-state index in [0.717, 1.165) is 5.57 Å². The number of allylic oxidation sites excluding steroid dienone is 1. The number of hydrogen-bond donors (Lipinski definition) is 0. The van der Waals surface area contributed by atoms with Crippen molar-refractivity contribution in [2.75, 3.05) is 0 Å². The molecule has 0 N–H and O–H groups in total. The summed E-state index contributed by atoms with van der Waals surface area (Å²) in [5.41, 5.74) is 0.999. The van der Waals surface area contributed by atoms with Gasteiger partial charge in [0.15, 0.2) is 0 Å². The van der Waals surface area contributed by atoms with Crippen molar-refractivity contribution in [2.45, 2.75) is 59.2 Å². The lowest BCUT2D eigenvalue weighted by molar-refractivity contribution is -0.151. The molecule has 1 heterocycles. The standard InChI is InChI=1S/C17H24O5/c1-9-5-6-13(19)10(2)8-15-16(11(3)17(20)22-15)14(7-9)21-12(4)18/h5,10-11,14-16H,6-8H2,1-4H3/b9-5+/t10-,11+,14-,15+,16+/m0/s1. The number of rotatable bonds is 1. The monoisotopic (exact) mass is 308 g/mol. The normalized spacial score (nSPS) is 38.5. The van der Waals surface area contributed by atoms with E-state index in [2.05, 4.69) is 0 Å². The molecule has 22 heavy (non-hydrogen) atoms. The highest BCUT2D eigenvalue weighted by Crippen LogP contribution is 2.38. The first-order valence-electron chi connectivity index (χ1n) is 7.85. The van der Waals surface area contributed by atoms with Crippen molar-refractivity contribution in [3.8, 4) is 0 Å². The van der Waals surface area contributed by atoms with E-state index < -0.39 is 0 Å². The van der Waals surface area contributed by atoms with Gasteiger partial charge in [0, 0.05) is 31.6 Å². The average Bonchev–Trinajstić information content (AvgIpc) is 2.69. The lowest BCUT2D eigenvalue weighted by atomic mass is 9.79. The highest BCUT2D eigenvalue weighted by Gasteiger charge is 2.48. The van der Waals surface area contributed by atoms with E-state index in [1.807, 2.05) is 19.9 Å². The maximum atomic E-state index is 12.1. The second-order valence-corrected chi connectivity index (χ2v) is 6.55. The van der Waals surface area contributed by atoms with E-state index in [-0.39, 0.29) is 47.7 Å². The molecule has 0 radical (unpaired) electrons. The van der Waals surface area contributed by atoms with Gasteiger partial charge in [0.1, 0.15) is 18.0 Å². The molecule has 2 rings (SSSR count). The number of hydrogen-bond acceptors (Lipinski definition) is 5. The summed E-state index contributed by atoms with van der Waals surface area (Å²) in [6, 6.07) is 0. The first-order chi connectivity index (χ1) is 10.3. The van der Waals surface area contributed by atoms with Crippen LogP contribution in [-0.4, -0.2) is 29.9 Å². The van der Waals surface area contributed by atoms with Gasteiger partial charge in [-0.25, -0.2) is 0 Å². The number of Topliss-reactive ketones (excluding diaryl/α,β-unsaturated/α-hetero) is 1.